The van der Waals surface area contributed by atoms with Gasteiger partial charge in [-0.25, -0.2) is 4.99 Å². The van der Waals surface area contributed by atoms with Crippen molar-refractivity contribution in [2.75, 3.05) is 4.90 Å². The molecule has 0 atom stereocenters. The van der Waals surface area contributed by atoms with E-state index >= 15 is 0 Å². The first-order chi connectivity index (χ1) is 26.8. The van der Waals surface area contributed by atoms with Gasteiger partial charge in [0.15, 0.2) is 23.0 Å². The molecule has 0 fully saturated rings. The molecule has 256 valence electrons. The third-order valence-corrected chi connectivity index (χ3v) is 12.3. The molecule has 0 bridgehead atoms. The average molecular weight is 714 g/mol. The van der Waals surface area contributed by atoms with E-state index in [9.17, 15) is 0 Å². The van der Waals surface area contributed by atoms with E-state index in [1.165, 1.54) is 31.3 Å². The number of thiophene rings is 1. The normalized spacial score (nSPS) is 16.5. The van der Waals surface area contributed by atoms with Gasteiger partial charge >= 0.3 is 0 Å². The van der Waals surface area contributed by atoms with Crippen LogP contribution in [0.2, 0.25) is 0 Å². The van der Waals surface area contributed by atoms with Crippen LogP contribution in [0.5, 0.6) is 23.0 Å². The van der Waals surface area contributed by atoms with Crippen LogP contribution in [0, 0.1) is 0 Å². The van der Waals surface area contributed by atoms with Crippen LogP contribution >= 0.6 is 11.3 Å². The molecule has 0 spiro atoms. The zero-order valence-electron chi connectivity index (χ0n) is 29.1. The highest BCUT2D eigenvalue weighted by Gasteiger charge is 2.37. The Bertz CT molecular complexity index is 3100. The second kappa shape index (κ2) is 11.4. The number of ether oxygens (including phenoxy) is 2. The summed E-state index contributed by atoms with van der Waals surface area (Å²) in [5.41, 5.74) is 9.54. The summed E-state index contributed by atoms with van der Waals surface area (Å²) in [6.45, 7) is 0. The van der Waals surface area contributed by atoms with E-state index in [-0.39, 0.29) is 0 Å². The first-order valence-electron chi connectivity index (χ1n) is 18.5. The van der Waals surface area contributed by atoms with E-state index in [2.05, 4.69) is 143 Å². The van der Waals surface area contributed by atoms with Crippen LogP contribution in [0.15, 0.2) is 157 Å². The van der Waals surface area contributed by atoms with Crippen molar-refractivity contribution in [2.45, 2.75) is 19.3 Å². The lowest BCUT2D eigenvalue weighted by Crippen LogP contribution is -2.20. The molecule has 6 heteroatoms. The van der Waals surface area contributed by atoms with Crippen LogP contribution in [0.4, 0.5) is 17.1 Å². The molecule has 0 saturated heterocycles. The van der Waals surface area contributed by atoms with Gasteiger partial charge in [0.1, 0.15) is 17.0 Å². The average Bonchev–Trinajstić information content (AvgIpc) is 3.79. The molecule has 9 aromatic rings. The van der Waals surface area contributed by atoms with Gasteiger partial charge in [-0.1, -0.05) is 103 Å². The maximum absolute atomic E-state index is 7.04. The first kappa shape index (κ1) is 29.9. The molecule has 0 aliphatic carbocycles. The zero-order valence-corrected chi connectivity index (χ0v) is 29.9. The van der Waals surface area contributed by atoms with Crippen molar-refractivity contribution in [1.29, 1.82) is 0 Å². The van der Waals surface area contributed by atoms with E-state index in [4.69, 9.17) is 14.5 Å². The molecule has 0 saturated carbocycles. The van der Waals surface area contributed by atoms with Gasteiger partial charge in [-0.15, -0.1) is 11.3 Å². The van der Waals surface area contributed by atoms with Gasteiger partial charge in [-0.2, -0.15) is 0 Å². The summed E-state index contributed by atoms with van der Waals surface area (Å²) in [5.74, 6) is 4.03. The van der Waals surface area contributed by atoms with Gasteiger partial charge in [-0.05, 0) is 73.4 Å². The Morgan fingerprint density at radius 1 is 0.593 bits per heavy atom. The number of hydrogen-bond acceptors (Lipinski definition) is 5. The summed E-state index contributed by atoms with van der Waals surface area (Å²) in [5, 5.41) is 4.72. The van der Waals surface area contributed by atoms with Crippen LogP contribution in [0.3, 0.4) is 0 Å². The Morgan fingerprint density at radius 3 is 2.19 bits per heavy atom. The monoisotopic (exact) mass is 713 g/mol. The molecule has 3 aliphatic heterocycles. The van der Waals surface area contributed by atoms with E-state index in [1.54, 1.807) is 0 Å². The van der Waals surface area contributed by atoms with Crippen molar-refractivity contribution in [3.05, 3.63) is 168 Å². The largest absolute Gasteiger partial charge is 0.453 e. The van der Waals surface area contributed by atoms with Crippen molar-refractivity contribution in [1.82, 2.24) is 4.57 Å². The van der Waals surface area contributed by atoms with E-state index in [0.717, 1.165) is 98.2 Å². The summed E-state index contributed by atoms with van der Waals surface area (Å²) >= 11 is 1.85. The maximum atomic E-state index is 7.04. The number of rotatable bonds is 2. The molecular formula is C48H31N3O2S. The predicted octanol–water partition coefficient (Wildman–Crippen LogP) is 13.5. The minimum absolute atomic E-state index is 0.761. The smallest absolute Gasteiger partial charge is 0.180 e. The number of aromatic nitrogens is 1. The van der Waals surface area contributed by atoms with Crippen LogP contribution in [0.25, 0.3) is 47.8 Å². The Labute approximate surface area is 315 Å². The summed E-state index contributed by atoms with van der Waals surface area (Å²) < 4.78 is 18.6. The van der Waals surface area contributed by atoms with Crippen molar-refractivity contribution in [3.8, 4) is 23.0 Å². The fourth-order valence-corrected chi connectivity index (χ4v) is 9.95. The molecule has 0 radical (unpaired) electrons. The molecule has 54 heavy (non-hydrogen) atoms. The number of aliphatic imine (C=N–C) groups is 1. The second-order valence-electron chi connectivity index (χ2n) is 14.1. The number of hydrogen-bond donors (Lipinski definition) is 0. The quantitative estimate of drug-likeness (QED) is 0.179. The van der Waals surface area contributed by atoms with Gasteiger partial charge in [0.25, 0.3) is 0 Å². The molecular weight excluding hydrogens is 683 g/mol. The number of fused-ring (bicyclic) bond motifs is 12. The highest BCUT2D eigenvalue weighted by molar-refractivity contribution is 7.26. The lowest BCUT2D eigenvalue weighted by molar-refractivity contribution is 0.449. The van der Waals surface area contributed by atoms with Crippen LogP contribution in [0.1, 0.15) is 29.5 Å². The molecule has 7 aromatic carbocycles. The molecule has 0 amide bonds. The predicted molar refractivity (Wildman–Crippen MR) is 223 cm³/mol. The first-order valence-corrected chi connectivity index (χ1v) is 19.3. The minimum atomic E-state index is 0.761. The van der Waals surface area contributed by atoms with E-state index in [1.807, 2.05) is 29.5 Å². The van der Waals surface area contributed by atoms with Crippen LogP contribution in [-0.2, 0) is 6.42 Å². The van der Waals surface area contributed by atoms with Gasteiger partial charge in [-0.3, -0.25) is 9.47 Å². The fraction of sp³-hybridized carbons (Fsp3) is 0.0625. The highest BCUT2D eigenvalue weighted by Crippen LogP contribution is 2.62. The molecule has 3 aliphatic rings. The Kier molecular flexibility index (Phi) is 6.33. The number of benzene rings is 7. The Morgan fingerprint density at radius 2 is 1.30 bits per heavy atom. The molecule has 2 aromatic heterocycles. The van der Waals surface area contributed by atoms with E-state index in [0.29, 0.717) is 0 Å². The number of para-hydroxylation sites is 5. The molecule has 0 unspecified atom stereocenters. The summed E-state index contributed by atoms with van der Waals surface area (Å²) in [7, 11) is 0. The second-order valence-corrected chi connectivity index (χ2v) is 15.2. The van der Waals surface area contributed by atoms with Crippen LogP contribution in [-0.4, -0.2) is 10.3 Å². The molecule has 5 nitrogen and oxygen atoms in total. The fourth-order valence-electron chi connectivity index (χ4n) is 8.73. The molecule has 0 N–H and O–H groups in total. The van der Waals surface area contributed by atoms with Gasteiger partial charge in [0, 0.05) is 42.1 Å². The zero-order chi connectivity index (χ0) is 35.3. The number of allylic oxidation sites excluding steroid dienone is 1. The topological polar surface area (TPSA) is 39.0 Å². The summed E-state index contributed by atoms with van der Waals surface area (Å²) in [6, 6.07) is 51.6. The SMILES string of the molecule is C1=C(n2c3ccccc3c3cc4c5c(c32)Oc2ccccc2N5c2ccccc2O4)\N=C(\c2cccc3c2sc2ccccc23)c2ccccc2CCC/1. The van der Waals surface area contributed by atoms with Crippen molar-refractivity contribution in [2.24, 2.45) is 4.99 Å². The summed E-state index contributed by atoms with van der Waals surface area (Å²) in [6.07, 6.45) is 5.19. The third kappa shape index (κ3) is 4.23. The number of nitrogens with zero attached hydrogens (tertiary/aromatic N) is 3. The van der Waals surface area contributed by atoms with Gasteiger partial charge in [0.2, 0.25) is 0 Å². The molecule has 12 rings (SSSR count). The number of anilines is 3. The van der Waals surface area contributed by atoms with Crippen molar-refractivity contribution < 1.29 is 9.47 Å². The van der Waals surface area contributed by atoms with Gasteiger partial charge < -0.3 is 9.47 Å². The standard InChI is InChI=1S/C48H31N3O2S/c1-3-16-30-29(14-1)15-2-12-27-43(49-44(30)34-20-13-19-33-32-18-5-11-26-42(32)54-48(33)34)51-36-21-6-4-17-31(36)35-28-41-46-47(45(35)51)53-40-25-10-8-23-38(40)50(46)37-22-7-9-24-39(37)52-41/h1,3-11,13-14,16-28H,2,12,15H2/b43-27+,49-44+. The minimum Gasteiger partial charge on any atom is -0.453 e. The Hall–Kier alpha value is -6.63. The maximum Gasteiger partial charge on any atom is 0.180 e. The lowest BCUT2D eigenvalue weighted by atomic mass is 9.94. The third-order valence-electron chi connectivity index (χ3n) is 11.1. The highest BCUT2D eigenvalue weighted by atomic mass is 32.1. The lowest BCUT2D eigenvalue weighted by Gasteiger charge is -2.38. The van der Waals surface area contributed by atoms with Gasteiger partial charge in [0.05, 0.1) is 22.6 Å². The molecule has 5 heterocycles. The van der Waals surface area contributed by atoms with Crippen molar-refractivity contribution >= 4 is 81.9 Å². The van der Waals surface area contributed by atoms with Crippen LogP contribution < -0.4 is 14.4 Å². The Balaban J connectivity index is 1.18. The number of aryl methyl sites for hydroxylation is 1. The van der Waals surface area contributed by atoms with E-state index < -0.39 is 0 Å². The van der Waals surface area contributed by atoms with Crippen molar-refractivity contribution in [3.63, 3.8) is 0 Å². The summed E-state index contributed by atoms with van der Waals surface area (Å²) in [4.78, 5) is 8.12.